The molecule has 1 aromatic heterocycles. The van der Waals surface area contributed by atoms with Gasteiger partial charge in [0.15, 0.2) is 0 Å². The van der Waals surface area contributed by atoms with Crippen molar-refractivity contribution >= 4 is 0 Å². The molecular formula is C13H24N4. The predicted octanol–water partition coefficient (Wildman–Crippen LogP) is 1.60. The summed E-state index contributed by atoms with van der Waals surface area (Å²) in [5, 5.41) is 4.32. The molecule has 17 heavy (non-hydrogen) atoms. The molecule has 2 rings (SSSR count). The van der Waals surface area contributed by atoms with Crippen LogP contribution in [-0.2, 0) is 7.05 Å². The molecule has 0 bridgehead atoms. The van der Waals surface area contributed by atoms with Crippen molar-refractivity contribution in [3.05, 3.63) is 17.5 Å². The fourth-order valence-corrected chi connectivity index (χ4v) is 3.28. The molecule has 1 heterocycles. The van der Waals surface area contributed by atoms with Gasteiger partial charge in [0.2, 0.25) is 0 Å². The van der Waals surface area contributed by atoms with Crippen LogP contribution in [0.1, 0.15) is 43.0 Å². The second-order valence-corrected chi connectivity index (χ2v) is 5.52. The molecule has 0 aliphatic heterocycles. The molecule has 1 fully saturated rings. The van der Waals surface area contributed by atoms with Gasteiger partial charge in [0.25, 0.3) is 0 Å². The van der Waals surface area contributed by atoms with Crippen molar-refractivity contribution in [2.45, 2.75) is 44.2 Å². The minimum Gasteiger partial charge on any atom is -0.321 e. The second kappa shape index (κ2) is 4.42. The zero-order valence-electron chi connectivity index (χ0n) is 11.4. The average molecular weight is 236 g/mol. The van der Waals surface area contributed by atoms with Crippen molar-refractivity contribution in [3.8, 4) is 0 Å². The molecular weight excluding hydrogens is 212 g/mol. The quantitative estimate of drug-likeness (QED) is 0.867. The molecule has 96 valence electrons. The second-order valence-electron chi connectivity index (χ2n) is 5.52. The summed E-state index contributed by atoms with van der Waals surface area (Å²) in [7, 11) is 6.29. The molecule has 0 amide bonds. The summed E-state index contributed by atoms with van der Waals surface area (Å²) in [6.45, 7) is 2.10. The molecule has 0 aromatic carbocycles. The van der Waals surface area contributed by atoms with Crippen molar-refractivity contribution in [1.82, 2.24) is 14.7 Å². The molecule has 0 spiro atoms. The molecule has 4 heteroatoms. The van der Waals surface area contributed by atoms with Gasteiger partial charge >= 0.3 is 0 Å². The Labute approximate surface area is 104 Å². The molecule has 0 radical (unpaired) electrons. The van der Waals surface area contributed by atoms with Crippen LogP contribution < -0.4 is 5.73 Å². The number of hydrogen-bond acceptors (Lipinski definition) is 3. The summed E-state index contributed by atoms with van der Waals surface area (Å²) < 4.78 is 1.93. The molecule has 1 atom stereocenters. The highest BCUT2D eigenvalue weighted by Gasteiger charge is 2.43. The van der Waals surface area contributed by atoms with Crippen LogP contribution in [0.3, 0.4) is 0 Å². The Kier molecular flexibility index (Phi) is 3.27. The van der Waals surface area contributed by atoms with E-state index >= 15 is 0 Å². The zero-order chi connectivity index (χ0) is 12.6. The highest BCUT2D eigenvalue weighted by Crippen LogP contribution is 2.42. The molecule has 4 nitrogen and oxygen atoms in total. The molecule has 0 saturated heterocycles. The maximum absolute atomic E-state index is 6.58. The van der Waals surface area contributed by atoms with Crippen molar-refractivity contribution in [2.75, 3.05) is 14.1 Å². The van der Waals surface area contributed by atoms with E-state index in [0.29, 0.717) is 0 Å². The van der Waals surface area contributed by atoms with Gasteiger partial charge in [0.1, 0.15) is 0 Å². The van der Waals surface area contributed by atoms with Crippen LogP contribution in [0.15, 0.2) is 6.20 Å². The van der Waals surface area contributed by atoms with Crippen LogP contribution in [-0.4, -0.2) is 34.3 Å². The van der Waals surface area contributed by atoms with E-state index in [1.165, 1.54) is 36.9 Å². The summed E-state index contributed by atoms with van der Waals surface area (Å²) in [6, 6.07) is 0.0486. The van der Waals surface area contributed by atoms with E-state index in [1.807, 2.05) is 17.9 Å². The lowest BCUT2D eigenvalue weighted by molar-refractivity contribution is 0.119. The van der Waals surface area contributed by atoms with Gasteiger partial charge in [-0.15, -0.1) is 0 Å². The van der Waals surface area contributed by atoms with Gasteiger partial charge in [-0.05, 0) is 39.4 Å². The minimum atomic E-state index is 0.0486. The van der Waals surface area contributed by atoms with Gasteiger partial charge in [0.05, 0.1) is 17.9 Å². The minimum absolute atomic E-state index is 0.0486. The lowest BCUT2D eigenvalue weighted by Gasteiger charge is -2.41. The molecule has 2 N–H and O–H groups in total. The number of aromatic nitrogens is 2. The maximum atomic E-state index is 6.58. The zero-order valence-corrected chi connectivity index (χ0v) is 11.4. The number of hydrogen-bond donors (Lipinski definition) is 1. The van der Waals surface area contributed by atoms with Gasteiger partial charge < -0.3 is 10.6 Å². The van der Waals surface area contributed by atoms with Gasteiger partial charge in [-0.2, -0.15) is 5.10 Å². The predicted molar refractivity (Wildman–Crippen MR) is 69.8 cm³/mol. The van der Waals surface area contributed by atoms with Gasteiger partial charge in [-0.3, -0.25) is 4.68 Å². The van der Waals surface area contributed by atoms with Crippen LogP contribution in [0.25, 0.3) is 0 Å². The van der Waals surface area contributed by atoms with E-state index in [1.54, 1.807) is 0 Å². The summed E-state index contributed by atoms with van der Waals surface area (Å²) in [5.41, 5.74) is 9.07. The molecule has 1 aromatic rings. The average Bonchev–Trinajstić information content (AvgIpc) is 2.86. The first-order valence-corrected chi connectivity index (χ1v) is 6.40. The Balaban J connectivity index is 2.38. The summed E-state index contributed by atoms with van der Waals surface area (Å²) >= 11 is 0. The molecule has 1 aliphatic rings. The van der Waals surface area contributed by atoms with E-state index in [2.05, 4.69) is 31.0 Å². The Morgan fingerprint density at radius 3 is 2.41 bits per heavy atom. The maximum Gasteiger partial charge on any atom is 0.0656 e. The lowest BCUT2D eigenvalue weighted by Crippen LogP contribution is -2.51. The standard InChI is InChI=1S/C13H24N4/c1-10-9-15-17(4)11(10)12(14)13(16(2)3)7-5-6-8-13/h9,12H,5-8,14H2,1-4H3. The van der Waals surface area contributed by atoms with E-state index in [-0.39, 0.29) is 11.6 Å². The Morgan fingerprint density at radius 2 is 2.00 bits per heavy atom. The summed E-state index contributed by atoms with van der Waals surface area (Å²) in [5.74, 6) is 0. The van der Waals surface area contributed by atoms with E-state index in [9.17, 15) is 0 Å². The van der Waals surface area contributed by atoms with Crippen LogP contribution in [0.2, 0.25) is 0 Å². The molecule has 1 unspecified atom stereocenters. The third-order valence-corrected chi connectivity index (χ3v) is 4.41. The van der Waals surface area contributed by atoms with Crippen LogP contribution in [0.4, 0.5) is 0 Å². The first-order valence-electron chi connectivity index (χ1n) is 6.40. The number of likely N-dealkylation sites (N-methyl/N-ethyl adjacent to an activating group) is 1. The summed E-state index contributed by atoms with van der Waals surface area (Å²) in [4.78, 5) is 2.32. The van der Waals surface area contributed by atoms with E-state index < -0.39 is 0 Å². The monoisotopic (exact) mass is 236 g/mol. The fourth-order valence-electron chi connectivity index (χ4n) is 3.28. The Morgan fingerprint density at radius 1 is 1.41 bits per heavy atom. The highest BCUT2D eigenvalue weighted by atomic mass is 15.3. The van der Waals surface area contributed by atoms with Crippen molar-refractivity contribution in [2.24, 2.45) is 12.8 Å². The Hall–Kier alpha value is -0.870. The molecule has 1 aliphatic carbocycles. The van der Waals surface area contributed by atoms with Crippen LogP contribution in [0, 0.1) is 6.92 Å². The SMILES string of the molecule is Cc1cnn(C)c1C(N)C1(N(C)C)CCCC1. The first-order chi connectivity index (χ1) is 7.99. The third kappa shape index (κ3) is 1.89. The Bertz CT molecular complexity index is 369. The van der Waals surface area contributed by atoms with Gasteiger partial charge in [-0.25, -0.2) is 0 Å². The van der Waals surface area contributed by atoms with Crippen LogP contribution in [0.5, 0.6) is 0 Å². The van der Waals surface area contributed by atoms with Crippen LogP contribution >= 0.6 is 0 Å². The molecule has 1 saturated carbocycles. The van der Waals surface area contributed by atoms with Crippen molar-refractivity contribution in [3.63, 3.8) is 0 Å². The highest BCUT2D eigenvalue weighted by molar-refractivity contribution is 5.24. The number of rotatable bonds is 3. The first kappa shape index (κ1) is 12.6. The summed E-state index contributed by atoms with van der Waals surface area (Å²) in [6.07, 6.45) is 6.84. The largest absolute Gasteiger partial charge is 0.321 e. The van der Waals surface area contributed by atoms with E-state index in [4.69, 9.17) is 5.73 Å². The number of aryl methyl sites for hydroxylation is 2. The smallest absolute Gasteiger partial charge is 0.0656 e. The third-order valence-electron chi connectivity index (χ3n) is 4.41. The topological polar surface area (TPSA) is 47.1 Å². The number of nitrogens with two attached hydrogens (primary N) is 1. The van der Waals surface area contributed by atoms with Crippen molar-refractivity contribution < 1.29 is 0 Å². The van der Waals surface area contributed by atoms with Crippen molar-refractivity contribution in [1.29, 1.82) is 0 Å². The fraction of sp³-hybridized carbons (Fsp3) is 0.769. The van der Waals surface area contributed by atoms with E-state index in [0.717, 1.165) is 0 Å². The lowest BCUT2D eigenvalue weighted by atomic mass is 9.84. The van der Waals surface area contributed by atoms with Gasteiger partial charge in [0, 0.05) is 12.6 Å². The number of nitrogens with zero attached hydrogens (tertiary/aromatic N) is 3. The van der Waals surface area contributed by atoms with Gasteiger partial charge in [-0.1, -0.05) is 12.8 Å². The normalized spacial score (nSPS) is 21.1.